The SMILES string of the molecule is CCOc1ccc(C(=O)Nc2ccc(Cl)s2)nc1. The van der Waals surface area contributed by atoms with Crippen molar-refractivity contribution in [2.75, 3.05) is 11.9 Å². The second-order valence-corrected chi connectivity index (χ2v) is 5.09. The maximum Gasteiger partial charge on any atom is 0.274 e. The van der Waals surface area contributed by atoms with Crippen LogP contribution in [0.2, 0.25) is 4.34 Å². The van der Waals surface area contributed by atoms with Crippen molar-refractivity contribution in [3.05, 3.63) is 40.5 Å². The molecule has 2 heterocycles. The maximum atomic E-state index is 11.8. The molecule has 0 aliphatic rings. The Hall–Kier alpha value is -1.59. The molecule has 6 heteroatoms. The molecule has 94 valence electrons. The van der Waals surface area contributed by atoms with Crippen molar-refractivity contribution in [1.82, 2.24) is 4.98 Å². The van der Waals surface area contributed by atoms with E-state index in [2.05, 4.69) is 10.3 Å². The van der Waals surface area contributed by atoms with Gasteiger partial charge in [-0.2, -0.15) is 0 Å². The molecule has 2 rings (SSSR count). The molecule has 18 heavy (non-hydrogen) atoms. The molecule has 2 aromatic rings. The number of amides is 1. The largest absolute Gasteiger partial charge is 0.492 e. The van der Waals surface area contributed by atoms with Gasteiger partial charge < -0.3 is 10.1 Å². The first kappa shape index (κ1) is 12.9. The first-order valence-electron chi connectivity index (χ1n) is 5.34. The number of carbonyl (C=O) groups excluding carboxylic acids is 1. The summed E-state index contributed by atoms with van der Waals surface area (Å²) in [6.07, 6.45) is 1.53. The summed E-state index contributed by atoms with van der Waals surface area (Å²) < 4.78 is 5.88. The van der Waals surface area contributed by atoms with E-state index in [0.717, 1.165) is 0 Å². The molecule has 1 amide bonds. The molecule has 0 fully saturated rings. The van der Waals surface area contributed by atoms with E-state index < -0.39 is 0 Å². The summed E-state index contributed by atoms with van der Waals surface area (Å²) in [5.41, 5.74) is 0.336. The number of rotatable bonds is 4. The lowest BCUT2D eigenvalue weighted by atomic mass is 10.3. The summed E-state index contributed by atoms with van der Waals surface area (Å²) in [6, 6.07) is 6.81. The molecule has 0 bridgehead atoms. The van der Waals surface area contributed by atoms with Gasteiger partial charge in [0.25, 0.3) is 5.91 Å². The molecule has 0 atom stereocenters. The van der Waals surface area contributed by atoms with Gasteiger partial charge in [-0.15, -0.1) is 11.3 Å². The van der Waals surface area contributed by atoms with Crippen molar-refractivity contribution in [2.24, 2.45) is 0 Å². The van der Waals surface area contributed by atoms with E-state index in [0.29, 0.717) is 27.4 Å². The van der Waals surface area contributed by atoms with E-state index >= 15 is 0 Å². The average molecular weight is 283 g/mol. The topological polar surface area (TPSA) is 51.2 Å². The molecular formula is C12H11ClN2O2S. The van der Waals surface area contributed by atoms with Crippen LogP contribution in [0.25, 0.3) is 0 Å². The third-order valence-electron chi connectivity index (χ3n) is 2.09. The number of hydrogen-bond donors (Lipinski definition) is 1. The lowest BCUT2D eigenvalue weighted by Gasteiger charge is -2.04. The highest BCUT2D eigenvalue weighted by atomic mass is 35.5. The summed E-state index contributed by atoms with van der Waals surface area (Å²) in [5.74, 6) is 0.379. The Labute approximate surface area is 114 Å². The number of ether oxygens (including phenoxy) is 1. The van der Waals surface area contributed by atoms with Crippen molar-refractivity contribution < 1.29 is 9.53 Å². The van der Waals surface area contributed by atoms with Crippen LogP contribution in [0.4, 0.5) is 5.00 Å². The number of hydrogen-bond acceptors (Lipinski definition) is 4. The highest BCUT2D eigenvalue weighted by molar-refractivity contribution is 7.20. The highest BCUT2D eigenvalue weighted by Gasteiger charge is 2.09. The van der Waals surface area contributed by atoms with Gasteiger partial charge in [-0.3, -0.25) is 4.79 Å². The van der Waals surface area contributed by atoms with Gasteiger partial charge in [0.15, 0.2) is 0 Å². The molecule has 4 nitrogen and oxygen atoms in total. The quantitative estimate of drug-likeness (QED) is 0.934. The molecule has 0 aromatic carbocycles. The van der Waals surface area contributed by atoms with Crippen LogP contribution in [0.15, 0.2) is 30.5 Å². The Morgan fingerprint density at radius 1 is 1.44 bits per heavy atom. The van der Waals surface area contributed by atoms with Gasteiger partial charge in [0.2, 0.25) is 0 Å². The maximum absolute atomic E-state index is 11.8. The number of nitrogens with one attached hydrogen (secondary N) is 1. The summed E-state index contributed by atoms with van der Waals surface area (Å²) in [4.78, 5) is 15.9. The highest BCUT2D eigenvalue weighted by Crippen LogP contribution is 2.26. The smallest absolute Gasteiger partial charge is 0.274 e. The van der Waals surface area contributed by atoms with Crippen molar-refractivity contribution in [1.29, 1.82) is 0 Å². The first-order valence-corrected chi connectivity index (χ1v) is 6.54. The number of nitrogens with zero attached hydrogens (tertiary/aromatic N) is 1. The number of aromatic nitrogens is 1. The van der Waals surface area contributed by atoms with Gasteiger partial charge in [0, 0.05) is 0 Å². The van der Waals surface area contributed by atoms with Crippen LogP contribution in [-0.2, 0) is 0 Å². The number of pyridine rings is 1. The second-order valence-electron chi connectivity index (χ2n) is 3.37. The first-order chi connectivity index (χ1) is 8.69. The van der Waals surface area contributed by atoms with E-state index in [-0.39, 0.29) is 5.91 Å². The Morgan fingerprint density at radius 3 is 2.83 bits per heavy atom. The van der Waals surface area contributed by atoms with Gasteiger partial charge >= 0.3 is 0 Å². The molecule has 0 radical (unpaired) electrons. The van der Waals surface area contributed by atoms with Crippen LogP contribution < -0.4 is 10.1 Å². The van der Waals surface area contributed by atoms with Crippen LogP contribution in [0.5, 0.6) is 5.75 Å². The normalized spacial score (nSPS) is 10.1. The molecule has 0 unspecified atom stereocenters. The summed E-state index contributed by atoms with van der Waals surface area (Å²) >= 11 is 7.08. The monoisotopic (exact) mass is 282 g/mol. The van der Waals surface area contributed by atoms with E-state index in [1.807, 2.05) is 6.92 Å². The molecule has 0 aliphatic carbocycles. The Kier molecular flexibility index (Phi) is 4.17. The predicted octanol–water partition coefficient (Wildman–Crippen LogP) is 3.45. The lowest BCUT2D eigenvalue weighted by molar-refractivity contribution is 0.102. The summed E-state index contributed by atoms with van der Waals surface area (Å²) in [6.45, 7) is 2.46. The average Bonchev–Trinajstić information content (AvgIpc) is 2.76. The fourth-order valence-corrected chi connectivity index (χ4v) is 2.26. The van der Waals surface area contributed by atoms with Crippen LogP contribution >= 0.6 is 22.9 Å². The van der Waals surface area contributed by atoms with Crippen molar-refractivity contribution in [2.45, 2.75) is 6.92 Å². The third kappa shape index (κ3) is 3.21. The molecule has 0 saturated carbocycles. The number of halogens is 1. The number of carbonyl (C=O) groups is 1. The lowest BCUT2D eigenvalue weighted by Crippen LogP contribution is -2.12. The van der Waals surface area contributed by atoms with E-state index in [4.69, 9.17) is 16.3 Å². The fourth-order valence-electron chi connectivity index (χ4n) is 1.32. The van der Waals surface area contributed by atoms with Crippen LogP contribution in [0, 0.1) is 0 Å². The Bertz CT molecular complexity index is 539. The number of thiophene rings is 1. The molecule has 1 N–H and O–H groups in total. The minimum atomic E-state index is -0.267. The standard InChI is InChI=1S/C12H11ClN2O2S/c1-2-17-8-3-4-9(14-7-8)12(16)15-11-6-5-10(13)18-11/h3-7H,2H2,1H3,(H,15,16). The third-order valence-corrected chi connectivity index (χ3v) is 3.24. The molecule has 0 aliphatic heterocycles. The Morgan fingerprint density at radius 2 is 2.28 bits per heavy atom. The fraction of sp³-hybridized carbons (Fsp3) is 0.167. The van der Waals surface area contributed by atoms with Gasteiger partial charge in [-0.25, -0.2) is 4.98 Å². The predicted molar refractivity (Wildman–Crippen MR) is 72.7 cm³/mol. The minimum Gasteiger partial charge on any atom is -0.492 e. The second kappa shape index (κ2) is 5.84. The van der Waals surface area contributed by atoms with Gasteiger partial charge in [-0.1, -0.05) is 11.6 Å². The Balaban J connectivity index is 2.04. The zero-order valence-electron chi connectivity index (χ0n) is 9.64. The minimum absolute atomic E-state index is 0.267. The van der Waals surface area contributed by atoms with Gasteiger partial charge in [-0.05, 0) is 31.2 Å². The van der Waals surface area contributed by atoms with Crippen LogP contribution in [0.1, 0.15) is 17.4 Å². The molecule has 0 spiro atoms. The van der Waals surface area contributed by atoms with Crippen molar-refractivity contribution >= 4 is 33.8 Å². The van der Waals surface area contributed by atoms with E-state index in [1.165, 1.54) is 17.5 Å². The van der Waals surface area contributed by atoms with E-state index in [9.17, 15) is 4.79 Å². The zero-order valence-corrected chi connectivity index (χ0v) is 11.2. The summed E-state index contributed by atoms with van der Waals surface area (Å²) in [7, 11) is 0. The van der Waals surface area contributed by atoms with Crippen molar-refractivity contribution in [3.8, 4) is 5.75 Å². The summed E-state index contributed by atoms with van der Waals surface area (Å²) in [5, 5.41) is 3.42. The van der Waals surface area contributed by atoms with Gasteiger partial charge in [0.1, 0.15) is 11.4 Å². The van der Waals surface area contributed by atoms with Gasteiger partial charge in [0.05, 0.1) is 22.1 Å². The van der Waals surface area contributed by atoms with Crippen LogP contribution in [-0.4, -0.2) is 17.5 Å². The molecular weight excluding hydrogens is 272 g/mol. The number of anilines is 1. The zero-order chi connectivity index (χ0) is 13.0. The molecule has 2 aromatic heterocycles. The van der Waals surface area contributed by atoms with E-state index in [1.54, 1.807) is 24.3 Å². The van der Waals surface area contributed by atoms with Crippen LogP contribution in [0.3, 0.4) is 0 Å². The molecule has 0 saturated heterocycles. The van der Waals surface area contributed by atoms with Crippen molar-refractivity contribution in [3.63, 3.8) is 0 Å².